The zero-order chi connectivity index (χ0) is 17.6. The summed E-state index contributed by atoms with van der Waals surface area (Å²) in [7, 11) is 1.84. The van der Waals surface area contributed by atoms with Gasteiger partial charge in [0.15, 0.2) is 5.96 Å². The maximum Gasteiger partial charge on any atom is 0.191 e. The van der Waals surface area contributed by atoms with Gasteiger partial charge in [-0.2, -0.15) is 0 Å². The van der Waals surface area contributed by atoms with Crippen molar-refractivity contribution < 1.29 is 0 Å². The predicted octanol–water partition coefficient (Wildman–Crippen LogP) is 2.52. The third-order valence-corrected chi connectivity index (χ3v) is 5.46. The van der Waals surface area contributed by atoms with Crippen LogP contribution in [0.4, 0.5) is 0 Å². The number of hydrogen-bond donors (Lipinski definition) is 2. The van der Waals surface area contributed by atoms with E-state index in [1.807, 2.05) is 7.05 Å². The van der Waals surface area contributed by atoms with E-state index in [0.29, 0.717) is 6.04 Å². The summed E-state index contributed by atoms with van der Waals surface area (Å²) in [6, 6.07) is 9.60. The van der Waals surface area contributed by atoms with Gasteiger partial charge >= 0.3 is 0 Å². The molecule has 1 aliphatic carbocycles. The van der Waals surface area contributed by atoms with E-state index < -0.39 is 0 Å². The number of halogens is 1. The molecule has 0 aromatic heterocycles. The molecule has 2 N–H and O–H groups in total. The Balaban J connectivity index is 0.00000243. The van der Waals surface area contributed by atoms with E-state index >= 15 is 0 Å². The average molecular weight is 471 g/mol. The quantitative estimate of drug-likeness (QED) is 0.380. The summed E-state index contributed by atoms with van der Waals surface area (Å²) < 4.78 is 0. The number of guanidine groups is 1. The van der Waals surface area contributed by atoms with Crippen LogP contribution in [0.3, 0.4) is 0 Å². The topological polar surface area (TPSA) is 42.9 Å². The molecule has 5 nitrogen and oxygen atoms in total. The van der Waals surface area contributed by atoms with Gasteiger partial charge in [-0.3, -0.25) is 9.89 Å². The summed E-state index contributed by atoms with van der Waals surface area (Å²) in [6.45, 7) is 12.3. The van der Waals surface area contributed by atoms with E-state index in [0.717, 1.165) is 25.0 Å². The highest BCUT2D eigenvalue weighted by atomic mass is 127. The first-order valence-electron chi connectivity index (χ1n) is 9.67. The predicted molar refractivity (Wildman–Crippen MR) is 120 cm³/mol. The number of aliphatic imine (C=N–C) groups is 1. The molecule has 6 heteroatoms. The molecule has 26 heavy (non-hydrogen) atoms. The molecule has 0 radical (unpaired) electrons. The number of piperazine rings is 1. The molecule has 0 spiro atoms. The summed E-state index contributed by atoms with van der Waals surface area (Å²) in [5.41, 5.74) is 2.70. The van der Waals surface area contributed by atoms with Gasteiger partial charge in [-0.15, -0.1) is 24.0 Å². The van der Waals surface area contributed by atoms with Gasteiger partial charge in [0.05, 0.1) is 0 Å². The summed E-state index contributed by atoms with van der Waals surface area (Å²) in [5, 5.41) is 6.88. The lowest BCUT2D eigenvalue weighted by Gasteiger charge is -2.34. The molecule has 1 aliphatic heterocycles. The SMILES string of the molecule is CCN1CCN(Cc2ccc(CNC(=NC)NC3CC3C)cc2)CC1.I. The van der Waals surface area contributed by atoms with Crippen molar-refractivity contribution in [2.24, 2.45) is 10.9 Å². The van der Waals surface area contributed by atoms with E-state index in [-0.39, 0.29) is 24.0 Å². The molecular formula is C20H34IN5. The number of nitrogens with one attached hydrogen (secondary N) is 2. The van der Waals surface area contributed by atoms with Gasteiger partial charge in [-0.25, -0.2) is 0 Å². The second kappa shape index (κ2) is 10.5. The van der Waals surface area contributed by atoms with Crippen LogP contribution < -0.4 is 10.6 Å². The van der Waals surface area contributed by atoms with Crippen LogP contribution >= 0.6 is 24.0 Å². The van der Waals surface area contributed by atoms with Crippen molar-refractivity contribution in [3.05, 3.63) is 35.4 Å². The maximum absolute atomic E-state index is 4.31. The lowest BCUT2D eigenvalue weighted by Crippen LogP contribution is -2.45. The van der Waals surface area contributed by atoms with Crippen LogP contribution in [0, 0.1) is 5.92 Å². The number of hydrogen-bond acceptors (Lipinski definition) is 3. The van der Waals surface area contributed by atoms with Crippen LogP contribution in [0.5, 0.6) is 0 Å². The fraction of sp³-hybridized carbons (Fsp3) is 0.650. The van der Waals surface area contributed by atoms with Crippen molar-refractivity contribution >= 4 is 29.9 Å². The molecule has 1 saturated carbocycles. The Morgan fingerprint density at radius 2 is 1.65 bits per heavy atom. The van der Waals surface area contributed by atoms with Crippen molar-refractivity contribution in [1.29, 1.82) is 0 Å². The molecule has 0 amide bonds. The number of benzene rings is 1. The van der Waals surface area contributed by atoms with Crippen LogP contribution in [0.25, 0.3) is 0 Å². The summed E-state index contributed by atoms with van der Waals surface area (Å²) in [5.74, 6) is 1.68. The molecule has 2 fully saturated rings. The average Bonchev–Trinajstić information content (AvgIpc) is 3.35. The Morgan fingerprint density at radius 1 is 1.08 bits per heavy atom. The molecule has 2 unspecified atom stereocenters. The van der Waals surface area contributed by atoms with Crippen LogP contribution in [0.1, 0.15) is 31.4 Å². The largest absolute Gasteiger partial charge is 0.353 e. The minimum Gasteiger partial charge on any atom is -0.353 e. The summed E-state index contributed by atoms with van der Waals surface area (Å²) >= 11 is 0. The Labute approximate surface area is 175 Å². The number of likely N-dealkylation sites (N-methyl/N-ethyl adjacent to an activating group) is 1. The Morgan fingerprint density at radius 3 is 2.19 bits per heavy atom. The highest BCUT2D eigenvalue weighted by Gasteiger charge is 2.33. The van der Waals surface area contributed by atoms with Crippen LogP contribution in [0.15, 0.2) is 29.3 Å². The highest BCUT2D eigenvalue weighted by Crippen LogP contribution is 2.28. The van der Waals surface area contributed by atoms with Crippen molar-refractivity contribution in [3.8, 4) is 0 Å². The van der Waals surface area contributed by atoms with Gasteiger partial charge in [0, 0.05) is 52.4 Å². The van der Waals surface area contributed by atoms with Gasteiger partial charge in [0.2, 0.25) is 0 Å². The minimum absolute atomic E-state index is 0. The Hall–Kier alpha value is -0.860. The molecule has 1 aromatic carbocycles. The van der Waals surface area contributed by atoms with Crippen molar-refractivity contribution in [2.45, 2.75) is 39.4 Å². The lowest BCUT2D eigenvalue weighted by atomic mass is 10.1. The molecule has 2 aliphatic rings. The fourth-order valence-electron chi connectivity index (χ4n) is 3.36. The molecule has 1 aromatic rings. The zero-order valence-electron chi connectivity index (χ0n) is 16.4. The molecule has 2 atom stereocenters. The number of rotatable bonds is 6. The number of nitrogens with zero attached hydrogens (tertiary/aromatic N) is 3. The van der Waals surface area contributed by atoms with Crippen LogP contribution in [-0.2, 0) is 13.1 Å². The minimum atomic E-state index is 0. The van der Waals surface area contributed by atoms with Gasteiger partial charge < -0.3 is 15.5 Å². The van der Waals surface area contributed by atoms with Gasteiger partial charge in [0.25, 0.3) is 0 Å². The first kappa shape index (κ1) is 21.4. The molecular weight excluding hydrogens is 437 g/mol. The van der Waals surface area contributed by atoms with Crippen molar-refractivity contribution in [2.75, 3.05) is 39.8 Å². The first-order valence-corrected chi connectivity index (χ1v) is 9.67. The van der Waals surface area contributed by atoms with Crippen LogP contribution in [-0.4, -0.2) is 61.6 Å². The normalized spacial score (nSPS) is 24.0. The first-order chi connectivity index (χ1) is 12.2. The Bertz CT molecular complexity index is 566. The van der Waals surface area contributed by atoms with Crippen molar-refractivity contribution in [3.63, 3.8) is 0 Å². The third kappa shape index (κ3) is 6.39. The third-order valence-electron chi connectivity index (χ3n) is 5.46. The molecule has 1 heterocycles. The van der Waals surface area contributed by atoms with E-state index in [4.69, 9.17) is 0 Å². The highest BCUT2D eigenvalue weighted by molar-refractivity contribution is 14.0. The summed E-state index contributed by atoms with van der Waals surface area (Å²) in [4.78, 5) is 9.39. The van der Waals surface area contributed by atoms with Crippen LogP contribution in [0.2, 0.25) is 0 Å². The fourth-order valence-corrected chi connectivity index (χ4v) is 3.36. The van der Waals surface area contributed by atoms with Gasteiger partial charge in [-0.1, -0.05) is 38.1 Å². The van der Waals surface area contributed by atoms with E-state index in [1.165, 1.54) is 50.3 Å². The monoisotopic (exact) mass is 471 g/mol. The Kier molecular flexibility index (Phi) is 8.63. The maximum atomic E-state index is 4.31. The van der Waals surface area contributed by atoms with Gasteiger partial charge in [-0.05, 0) is 30.0 Å². The lowest BCUT2D eigenvalue weighted by molar-refractivity contribution is 0.132. The van der Waals surface area contributed by atoms with Crippen molar-refractivity contribution in [1.82, 2.24) is 20.4 Å². The molecule has 3 rings (SSSR count). The molecule has 0 bridgehead atoms. The second-order valence-electron chi connectivity index (χ2n) is 7.42. The summed E-state index contributed by atoms with van der Waals surface area (Å²) in [6.07, 6.45) is 1.25. The standard InChI is InChI=1S/C20H33N5.HI/c1-4-24-9-11-25(12-10-24)15-18-7-5-17(6-8-18)14-22-20(21-3)23-19-13-16(19)2;/h5-8,16,19H,4,9-15H2,1-3H3,(H2,21,22,23);1H. The molecule has 1 saturated heterocycles. The zero-order valence-corrected chi connectivity index (χ0v) is 18.7. The smallest absolute Gasteiger partial charge is 0.191 e. The van der Waals surface area contributed by atoms with E-state index in [2.05, 4.69) is 63.5 Å². The molecule has 146 valence electrons. The van der Waals surface area contributed by atoms with Gasteiger partial charge in [0.1, 0.15) is 0 Å². The van der Waals surface area contributed by atoms with E-state index in [9.17, 15) is 0 Å². The second-order valence-corrected chi connectivity index (χ2v) is 7.42. The van der Waals surface area contributed by atoms with E-state index in [1.54, 1.807) is 0 Å².